The van der Waals surface area contributed by atoms with Gasteiger partial charge >= 0.3 is 0 Å². The summed E-state index contributed by atoms with van der Waals surface area (Å²) in [4.78, 5) is 9.56. The van der Waals surface area contributed by atoms with Crippen molar-refractivity contribution in [2.45, 2.75) is 24.7 Å². The molecule has 0 aliphatic carbocycles. The zero-order valence-electron chi connectivity index (χ0n) is 17.7. The van der Waals surface area contributed by atoms with Gasteiger partial charge in [0.1, 0.15) is 11.6 Å². The van der Waals surface area contributed by atoms with Crippen LogP contribution in [0.5, 0.6) is 0 Å². The number of sulfonamides is 1. The fourth-order valence-corrected chi connectivity index (χ4v) is 4.44. The SMILES string of the molecule is CC(C)c1nc(NCCNS(=O)(=O)c2ccccc2)c2cnn(-c3ccccc3Cl)c2n1. The molecule has 4 rings (SSSR count). The minimum atomic E-state index is -3.57. The lowest BCUT2D eigenvalue weighted by Gasteiger charge is -2.12. The number of nitrogens with zero attached hydrogens (tertiary/aromatic N) is 4. The highest BCUT2D eigenvalue weighted by Crippen LogP contribution is 2.27. The van der Waals surface area contributed by atoms with Crippen LogP contribution in [0.1, 0.15) is 25.6 Å². The third-order valence-electron chi connectivity index (χ3n) is 4.81. The van der Waals surface area contributed by atoms with Crippen LogP contribution in [0.15, 0.2) is 65.7 Å². The predicted octanol–water partition coefficient (Wildman–Crippen LogP) is 3.98. The summed E-state index contributed by atoms with van der Waals surface area (Å²) in [5.41, 5.74) is 1.35. The maximum atomic E-state index is 12.4. The Hall–Kier alpha value is -3.01. The van der Waals surface area contributed by atoms with Crippen LogP contribution in [0.2, 0.25) is 5.02 Å². The van der Waals surface area contributed by atoms with Crippen LogP contribution in [0, 0.1) is 0 Å². The normalized spacial score (nSPS) is 11.9. The zero-order valence-corrected chi connectivity index (χ0v) is 19.2. The molecule has 2 aromatic carbocycles. The molecular weight excluding hydrogens is 448 g/mol. The lowest BCUT2D eigenvalue weighted by atomic mass is 10.2. The van der Waals surface area contributed by atoms with Gasteiger partial charge in [-0.05, 0) is 24.3 Å². The summed E-state index contributed by atoms with van der Waals surface area (Å²) in [6.07, 6.45) is 1.68. The molecule has 166 valence electrons. The summed E-state index contributed by atoms with van der Waals surface area (Å²) >= 11 is 6.37. The Labute approximate surface area is 191 Å². The van der Waals surface area contributed by atoms with Gasteiger partial charge in [-0.1, -0.05) is 55.8 Å². The van der Waals surface area contributed by atoms with E-state index in [1.165, 1.54) is 0 Å². The van der Waals surface area contributed by atoms with Crippen molar-refractivity contribution in [2.24, 2.45) is 0 Å². The standard InChI is InChI=1S/C22H23ClN6O2S/c1-15(2)20-27-21(24-12-13-26-32(30,31)16-8-4-3-5-9-16)17-14-25-29(22(17)28-20)19-11-7-6-10-18(19)23/h3-11,14-15,26H,12-13H2,1-2H3,(H,24,27,28). The van der Waals surface area contributed by atoms with Gasteiger partial charge in [0.25, 0.3) is 0 Å². The van der Waals surface area contributed by atoms with Crippen molar-refractivity contribution in [3.05, 3.63) is 71.6 Å². The van der Waals surface area contributed by atoms with Crippen molar-refractivity contribution in [1.82, 2.24) is 24.5 Å². The van der Waals surface area contributed by atoms with Crippen LogP contribution < -0.4 is 10.0 Å². The van der Waals surface area contributed by atoms with Crippen LogP contribution >= 0.6 is 11.6 Å². The van der Waals surface area contributed by atoms with Gasteiger partial charge in [0.15, 0.2) is 5.65 Å². The Balaban J connectivity index is 1.58. The Morgan fingerprint density at radius 3 is 2.44 bits per heavy atom. The first-order valence-electron chi connectivity index (χ1n) is 10.2. The second-order valence-corrected chi connectivity index (χ2v) is 9.64. The molecule has 2 N–H and O–H groups in total. The second kappa shape index (κ2) is 9.23. The molecule has 8 nitrogen and oxygen atoms in total. The maximum absolute atomic E-state index is 12.4. The Bertz CT molecular complexity index is 1340. The summed E-state index contributed by atoms with van der Waals surface area (Å²) in [7, 11) is -3.57. The molecule has 0 spiro atoms. The Morgan fingerprint density at radius 2 is 1.72 bits per heavy atom. The second-order valence-electron chi connectivity index (χ2n) is 7.47. The van der Waals surface area contributed by atoms with Gasteiger partial charge in [0.2, 0.25) is 10.0 Å². The van der Waals surface area contributed by atoms with Crippen molar-refractivity contribution >= 4 is 38.5 Å². The molecule has 0 fully saturated rings. The first-order valence-corrected chi connectivity index (χ1v) is 12.0. The van der Waals surface area contributed by atoms with E-state index < -0.39 is 10.0 Å². The third kappa shape index (κ3) is 4.59. The van der Waals surface area contributed by atoms with Crippen LogP contribution in [-0.2, 0) is 10.0 Å². The highest BCUT2D eigenvalue weighted by molar-refractivity contribution is 7.89. The number of hydrogen-bond acceptors (Lipinski definition) is 6. The first kappa shape index (κ1) is 22.2. The van der Waals surface area contributed by atoms with Gasteiger partial charge in [-0.25, -0.2) is 27.8 Å². The van der Waals surface area contributed by atoms with Crippen LogP contribution in [-0.4, -0.2) is 41.3 Å². The molecule has 4 aromatic rings. The molecule has 10 heteroatoms. The molecule has 2 aromatic heterocycles. The highest BCUT2D eigenvalue weighted by atomic mass is 35.5. The van der Waals surface area contributed by atoms with E-state index in [0.29, 0.717) is 28.9 Å². The number of hydrogen-bond donors (Lipinski definition) is 2. The number of nitrogens with one attached hydrogen (secondary N) is 2. The molecule has 0 aliphatic rings. The number of rotatable bonds is 8. The van der Waals surface area contributed by atoms with Crippen LogP contribution in [0.4, 0.5) is 5.82 Å². The average molecular weight is 471 g/mol. The van der Waals surface area contributed by atoms with E-state index in [-0.39, 0.29) is 17.4 Å². The van der Waals surface area contributed by atoms with Gasteiger partial charge < -0.3 is 5.32 Å². The van der Waals surface area contributed by atoms with Crippen molar-refractivity contribution in [2.75, 3.05) is 18.4 Å². The fraction of sp³-hybridized carbons (Fsp3) is 0.227. The Morgan fingerprint density at radius 1 is 1.00 bits per heavy atom. The summed E-state index contributed by atoms with van der Waals surface area (Å²) in [5.74, 6) is 1.33. The third-order valence-corrected chi connectivity index (χ3v) is 6.60. The summed E-state index contributed by atoms with van der Waals surface area (Å²) in [6.45, 7) is 4.55. The van der Waals surface area contributed by atoms with E-state index in [9.17, 15) is 8.42 Å². The number of anilines is 1. The topological polar surface area (TPSA) is 102 Å². The fourth-order valence-electron chi connectivity index (χ4n) is 3.17. The molecule has 0 radical (unpaired) electrons. The largest absolute Gasteiger partial charge is 0.368 e. The highest BCUT2D eigenvalue weighted by Gasteiger charge is 2.17. The zero-order chi connectivity index (χ0) is 22.7. The van der Waals surface area contributed by atoms with E-state index in [1.807, 2.05) is 32.0 Å². The first-order chi connectivity index (χ1) is 15.4. The number of halogens is 1. The number of benzene rings is 2. The van der Waals surface area contributed by atoms with E-state index in [4.69, 9.17) is 16.6 Å². The van der Waals surface area contributed by atoms with Crippen molar-refractivity contribution < 1.29 is 8.42 Å². The molecule has 0 saturated heterocycles. The molecule has 0 unspecified atom stereocenters. The van der Waals surface area contributed by atoms with Gasteiger partial charge in [-0.3, -0.25) is 0 Å². The molecule has 32 heavy (non-hydrogen) atoms. The van der Waals surface area contributed by atoms with E-state index >= 15 is 0 Å². The van der Waals surface area contributed by atoms with Crippen LogP contribution in [0.3, 0.4) is 0 Å². The molecule has 0 saturated carbocycles. The summed E-state index contributed by atoms with van der Waals surface area (Å²) < 4.78 is 29.1. The molecule has 0 aliphatic heterocycles. The number of aromatic nitrogens is 4. The molecule has 0 atom stereocenters. The smallest absolute Gasteiger partial charge is 0.240 e. The Kier molecular flexibility index (Phi) is 6.40. The van der Waals surface area contributed by atoms with Gasteiger partial charge in [0, 0.05) is 19.0 Å². The summed E-state index contributed by atoms with van der Waals surface area (Å²) in [6, 6.07) is 15.7. The summed E-state index contributed by atoms with van der Waals surface area (Å²) in [5, 5.41) is 8.98. The van der Waals surface area contributed by atoms with Gasteiger partial charge in [0.05, 0.1) is 27.2 Å². The van der Waals surface area contributed by atoms with Crippen molar-refractivity contribution in [1.29, 1.82) is 0 Å². The monoisotopic (exact) mass is 470 g/mol. The quantitative estimate of drug-likeness (QED) is 0.377. The molecule has 2 heterocycles. The predicted molar refractivity (Wildman–Crippen MR) is 126 cm³/mol. The van der Waals surface area contributed by atoms with Crippen molar-refractivity contribution in [3.63, 3.8) is 0 Å². The minimum Gasteiger partial charge on any atom is -0.368 e. The van der Waals surface area contributed by atoms with Crippen molar-refractivity contribution in [3.8, 4) is 5.69 Å². The van der Waals surface area contributed by atoms with E-state index in [2.05, 4.69) is 20.1 Å². The molecule has 0 bridgehead atoms. The lowest BCUT2D eigenvalue weighted by molar-refractivity contribution is 0.583. The number of fused-ring (bicyclic) bond motifs is 1. The van der Waals surface area contributed by atoms with E-state index in [1.54, 1.807) is 47.3 Å². The minimum absolute atomic E-state index is 0.0890. The maximum Gasteiger partial charge on any atom is 0.240 e. The molecule has 0 amide bonds. The van der Waals surface area contributed by atoms with E-state index in [0.717, 1.165) is 11.1 Å². The average Bonchev–Trinajstić information content (AvgIpc) is 3.21. The van der Waals surface area contributed by atoms with Crippen LogP contribution in [0.25, 0.3) is 16.7 Å². The van der Waals surface area contributed by atoms with Gasteiger partial charge in [-0.2, -0.15) is 5.10 Å². The van der Waals surface area contributed by atoms with Gasteiger partial charge in [-0.15, -0.1) is 0 Å². The number of para-hydroxylation sites is 1. The lowest BCUT2D eigenvalue weighted by Crippen LogP contribution is -2.29. The molecular formula is C22H23ClN6O2S.